The molecule has 0 fully saturated rings. The van der Waals surface area contributed by atoms with Crippen LogP contribution in [0.5, 0.6) is 0 Å². The Kier molecular flexibility index (Phi) is 5.06. The van der Waals surface area contributed by atoms with Gasteiger partial charge in [-0.05, 0) is 49.1 Å². The number of anilines is 2. The lowest BCUT2D eigenvalue weighted by Crippen LogP contribution is -2.19. The number of rotatable bonds is 4. The van der Waals surface area contributed by atoms with Crippen LogP contribution in [0.15, 0.2) is 47.4 Å². The minimum Gasteiger partial charge on any atom is -0.351 e. The van der Waals surface area contributed by atoms with Gasteiger partial charge in [0.2, 0.25) is 0 Å². The second-order valence-corrected chi connectivity index (χ2v) is 5.58. The molecule has 4 N–H and O–H groups in total. The zero-order valence-electron chi connectivity index (χ0n) is 12.3. The second-order valence-electron chi connectivity index (χ2n) is 4.71. The lowest BCUT2D eigenvalue weighted by Gasteiger charge is -2.10. The number of amides is 3. The van der Waals surface area contributed by atoms with Gasteiger partial charge in [-0.15, -0.1) is 11.8 Å². The fourth-order valence-corrected chi connectivity index (χ4v) is 2.43. The number of primary amides is 1. The van der Waals surface area contributed by atoms with Crippen molar-refractivity contribution in [3.8, 4) is 0 Å². The van der Waals surface area contributed by atoms with Crippen LogP contribution in [-0.2, 0) is 0 Å². The quantitative estimate of drug-likeness (QED) is 0.755. The number of hydrogen-bond donors (Lipinski definition) is 3. The minimum atomic E-state index is -0.646. The molecule has 0 saturated heterocycles. The minimum absolute atomic E-state index is 0.190. The number of urea groups is 1. The summed E-state index contributed by atoms with van der Waals surface area (Å²) in [5.74, 6) is -0.190. The van der Waals surface area contributed by atoms with E-state index in [4.69, 9.17) is 5.73 Å². The average molecular weight is 315 g/mol. The van der Waals surface area contributed by atoms with Crippen LogP contribution in [0, 0.1) is 6.92 Å². The molecule has 2 aromatic rings. The highest BCUT2D eigenvalue weighted by molar-refractivity contribution is 7.98. The number of benzene rings is 2. The first-order chi connectivity index (χ1) is 10.5. The number of carbonyl (C=O) groups excluding carboxylic acids is 2. The van der Waals surface area contributed by atoms with Crippen molar-refractivity contribution in [3.63, 3.8) is 0 Å². The van der Waals surface area contributed by atoms with Crippen LogP contribution >= 0.6 is 11.8 Å². The second kappa shape index (κ2) is 7.00. The van der Waals surface area contributed by atoms with Crippen LogP contribution in [0.1, 0.15) is 15.9 Å². The molecule has 0 spiro atoms. The molecule has 0 aliphatic heterocycles. The summed E-state index contributed by atoms with van der Waals surface area (Å²) in [5.41, 5.74) is 7.72. The molecule has 0 bridgehead atoms. The third kappa shape index (κ3) is 4.02. The standard InChI is InChI=1S/C16H17N3O2S/c1-10-6-7-13(22-2)9-14(10)15(20)18-11-4-3-5-12(8-11)19-16(17)21/h3-9H,1-2H3,(H,18,20)(H3,17,19,21). The summed E-state index contributed by atoms with van der Waals surface area (Å²) in [7, 11) is 0. The van der Waals surface area contributed by atoms with Gasteiger partial charge in [0.1, 0.15) is 0 Å². The monoisotopic (exact) mass is 315 g/mol. The molecule has 0 aliphatic rings. The molecule has 6 heteroatoms. The van der Waals surface area contributed by atoms with Crippen molar-refractivity contribution in [1.82, 2.24) is 0 Å². The summed E-state index contributed by atoms with van der Waals surface area (Å²) in [5, 5.41) is 5.30. The maximum Gasteiger partial charge on any atom is 0.316 e. The van der Waals surface area contributed by atoms with Crippen molar-refractivity contribution in [2.75, 3.05) is 16.9 Å². The SMILES string of the molecule is CSc1ccc(C)c(C(=O)Nc2cccc(NC(N)=O)c2)c1. The van der Waals surface area contributed by atoms with Crippen LogP contribution < -0.4 is 16.4 Å². The van der Waals surface area contributed by atoms with Gasteiger partial charge >= 0.3 is 6.03 Å². The van der Waals surface area contributed by atoms with Gasteiger partial charge in [-0.3, -0.25) is 4.79 Å². The molecule has 5 nitrogen and oxygen atoms in total. The first-order valence-corrected chi connectivity index (χ1v) is 7.84. The van der Waals surface area contributed by atoms with Crippen molar-refractivity contribution in [3.05, 3.63) is 53.6 Å². The molecule has 0 radical (unpaired) electrons. The Labute approximate surface area is 133 Å². The van der Waals surface area contributed by atoms with E-state index in [9.17, 15) is 9.59 Å². The fourth-order valence-electron chi connectivity index (χ4n) is 1.99. The first-order valence-electron chi connectivity index (χ1n) is 6.62. The first kappa shape index (κ1) is 15.9. The zero-order chi connectivity index (χ0) is 16.1. The van der Waals surface area contributed by atoms with Crippen LogP contribution in [0.3, 0.4) is 0 Å². The Balaban J connectivity index is 2.20. The van der Waals surface area contributed by atoms with Gasteiger partial charge in [-0.25, -0.2) is 4.79 Å². The van der Waals surface area contributed by atoms with Crippen LogP contribution in [-0.4, -0.2) is 18.2 Å². The Morgan fingerprint density at radius 2 is 1.73 bits per heavy atom. The summed E-state index contributed by atoms with van der Waals surface area (Å²) in [4.78, 5) is 24.3. The molecule has 3 amide bonds. The highest BCUT2D eigenvalue weighted by Gasteiger charge is 2.10. The van der Waals surface area contributed by atoms with Gasteiger partial charge in [0.05, 0.1) is 0 Å². The van der Waals surface area contributed by atoms with Gasteiger partial charge < -0.3 is 16.4 Å². The van der Waals surface area contributed by atoms with Crippen molar-refractivity contribution in [2.24, 2.45) is 5.73 Å². The smallest absolute Gasteiger partial charge is 0.316 e. The van der Waals surface area contributed by atoms with E-state index in [0.717, 1.165) is 10.5 Å². The van der Waals surface area contributed by atoms with Gasteiger partial charge in [-0.2, -0.15) is 0 Å². The maximum absolute atomic E-state index is 12.4. The topological polar surface area (TPSA) is 84.2 Å². The van der Waals surface area contributed by atoms with E-state index in [1.807, 2.05) is 31.4 Å². The van der Waals surface area contributed by atoms with Crippen LogP contribution in [0.2, 0.25) is 0 Å². The molecule has 22 heavy (non-hydrogen) atoms. The average Bonchev–Trinajstić information content (AvgIpc) is 2.47. The van der Waals surface area contributed by atoms with E-state index in [2.05, 4.69) is 10.6 Å². The predicted molar refractivity (Wildman–Crippen MR) is 90.6 cm³/mol. The summed E-state index contributed by atoms with van der Waals surface area (Å²) >= 11 is 1.58. The van der Waals surface area contributed by atoms with Crippen LogP contribution in [0.25, 0.3) is 0 Å². The molecular formula is C16H17N3O2S. The Bertz CT molecular complexity index is 716. The fraction of sp³-hybridized carbons (Fsp3) is 0.125. The van der Waals surface area contributed by atoms with E-state index < -0.39 is 6.03 Å². The number of nitrogens with two attached hydrogens (primary N) is 1. The molecule has 0 aliphatic carbocycles. The summed E-state index contributed by atoms with van der Waals surface area (Å²) in [6, 6.07) is 11.9. The highest BCUT2D eigenvalue weighted by atomic mass is 32.2. The zero-order valence-corrected chi connectivity index (χ0v) is 13.2. The maximum atomic E-state index is 12.4. The number of aryl methyl sites for hydroxylation is 1. The molecule has 0 unspecified atom stereocenters. The Hall–Kier alpha value is -2.47. The lowest BCUT2D eigenvalue weighted by molar-refractivity contribution is 0.102. The normalized spacial score (nSPS) is 10.1. The van der Waals surface area contributed by atoms with Crippen LogP contribution in [0.4, 0.5) is 16.2 Å². The van der Waals surface area contributed by atoms with Gasteiger partial charge in [0.15, 0.2) is 0 Å². The molecule has 0 heterocycles. The van der Waals surface area contributed by atoms with Gasteiger partial charge in [-0.1, -0.05) is 12.1 Å². The molecule has 114 valence electrons. The number of carbonyl (C=O) groups is 2. The third-order valence-corrected chi connectivity index (χ3v) is 3.80. The summed E-state index contributed by atoms with van der Waals surface area (Å²) in [6.45, 7) is 1.89. The van der Waals surface area contributed by atoms with E-state index >= 15 is 0 Å². The van der Waals surface area contributed by atoms with Crippen molar-refractivity contribution >= 4 is 35.1 Å². The summed E-state index contributed by atoms with van der Waals surface area (Å²) in [6.07, 6.45) is 1.96. The van der Waals surface area contributed by atoms with Crippen molar-refractivity contribution in [2.45, 2.75) is 11.8 Å². The van der Waals surface area contributed by atoms with Gasteiger partial charge in [0.25, 0.3) is 5.91 Å². The number of hydrogen-bond acceptors (Lipinski definition) is 3. The molecule has 0 aromatic heterocycles. The van der Waals surface area contributed by atoms with E-state index in [-0.39, 0.29) is 5.91 Å². The van der Waals surface area contributed by atoms with E-state index in [1.54, 1.807) is 36.0 Å². The molecule has 2 rings (SSSR count). The third-order valence-electron chi connectivity index (χ3n) is 3.08. The van der Waals surface area contributed by atoms with E-state index in [0.29, 0.717) is 16.9 Å². The number of nitrogens with one attached hydrogen (secondary N) is 2. The molecule has 2 aromatic carbocycles. The Morgan fingerprint density at radius 1 is 1.05 bits per heavy atom. The summed E-state index contributed by atoms with van der Waals surface area (Å²) < 4.78 is 0. The van der Waals surface area contributed by atoms with Crippen molar-refractivity contribution < 1.29 is 9.59 Å². The molecule has 0 saturated carbocycles. The number of thioether (sulfide) groups is 1. The van der Waals surface area contributed by atoms with E-state index in [1.165, 1.54) is 0 Å². The highest BCUT2D eigenvalue weighted by Crippen LogP contribution is 2.21. The van der Waals surface area contributed by atoms with Crippen molar-refractivity contribution in [1.29, 1.82) is 0 Å². The molecular weight excluding hydrogens is 298 g/mol. The Morgan fingerprint density at radius 3 is 2.36 bits per heavy atom. The largest absolute Gasteiger partial charge is 0.351 e. The predicted octanol–water partition coefficient (Wildman–Crippen LogP) is 3.46. The molecule has 0 atom stereocenters. The van der Waals surface area contributed by atoms with Gasteiger partial charge in [0, 0.05) is 21.8 Å². The lowest BCUT2D eigenvalue weighted by atomic mass is 10.1.